The molecule has 2 rings (SSSR count). The van der Waals surface area contributed by atoms with Gasteiger partial charge in [0.25, 0.3) is 5.88 Å². The van der Waals surface area contributed by atoms with E-state index < -0.39 is 4.92 Å². The fourth-order valence-electron chi connectivity index (χ4n) is 1.37. The predicted octanol–water partition coefficient (Wildman–Crippen LogP) is -3.38. The lowest BCUT2D eigenvalue weighted by atomic mass is 10.6. The van der Waals surface area contributed by atoms with Crippen LogP contribution in [0.2, 0.25) is 0 Å². The zero-order valence-electron chi connectivity index (χ0n) is 9.12. The summed E-state index contributed by atoms with van der Waals surface area (Å²) in [6.45, 7) is 0. The third kappa shape index (κ3) is 2.23. The fourth-order valence-corrected chi connectivity index (χ4v) is 1.37. The van der Waals surface area contributed by atoms with Crippen LogP contribution in [0.4, 0.5) is 5.88 Å². The summed E-state index contributed by atoms with van der Waals surface area (Å²) in [6, 6.07) is 2.76. The number of rotatable bonds is 2. The lowest BCUT2D eigenvalue weighted by Gasteiger charge is -1.92. The first kappa shape index (κ1) is 13.4. The van der Waals surface area contributed by atoms with Crippen molar-refractivity contribution in [3.63, 3.8) is 0 Å². The van der Waals surface area contributed by atoms with E-state index in [1.807, 2.05) is 0 Å². The third-order valence-electron chi connectivity index (χ3n) is 2.23. The van der Waals surface area contributed by atoms with Gasteiger partial charge in [0.15, 0.2) is 6.33 Å². The first-order valence-electron chi connectivity index (χ1n) is 4.44. The number of aromatic nitrogens is 3. The zero-order valence-corrected chi connectivity index (χ0v) is 11.3. The highest BCUT2D eigenvalue weighted by molar-refractivity contribution is 5.26. The number of nitrogens with one attached hydrogen (secondary N) is 1. The van der Waals surface area contributed by atoms with Gasteiger partial charge in [-0.25, -0.2) is 4.57 Å². The Morgan fingerprint density at radius 2 is 2.18 bits per heavy atom. The van der Waals surface area contributed by atoms with Crippen molar-refractivity contribution in [1.29, 1.82) is 5.41 Å². The largest absolute Gasteiger partial charge is 1.00 e. The maximum absolute atomic E-state index is 10.5. The standard InChI is InChI=1S/C8H10N5O3.HI/c1-10-5-12(11(2)8(10)9)6-3-4-7(16-6)13(14)15;/h3-5,9H,1-2H3;1H/q+1;/p-1. The Kier molecular flexibility index (Phi) is 3.70. The van der Waals surface area contributed by atoms with Gasteiger partial charge < -0.3 is 28.4 Å². The number of aryl methyl sites for hydroxylation is 1. The Bertz CT molecular complexity index is 611. The van der Waals surface area contributed by atoms with Crippen molar-refractivity contribution >= 4 is 5.88 Å². The number of hydrogen-bond donors (Lipinski definition) is 1. The van der Waals surface area contributed by atoms with E-state index in [0.717, 1.165) is 0 Å². The SMILES string of the molecule is Cn1c(=N)[n+](C)cn1-c1ccc([N+](=O)[O-])o1.[I-]. The van der Waals surface area contributed by atoms with Crippen LogP contribution in [0.15, 0.2) is 22.9 Å². The second-order valence-electron chi connectivity index (χ2n) is 3.29. The van der Waals surface area contributed by atoms with Crippen molar-refractivity contribution < 1.29 is 37.9 Å². The minimum Gasteiger partial charge on any atom is -1.00 e. The molecule has 2 heterocycles. The molecule has 2 aromatic rings. The minimum atomic E-state index is -0.603. The molecule has 0 amide bonds. The van der Waals surface area contributed by atoms with Gasteiger partial charge in [-0.15, -0.1) is 9.36 Å². The Morgan fingerprint density at radius 1 is 1.53 bits per heavy atom. The van der Waals surface area contributed by atoms with E-state index in [2.05, 4.69) is 0 Å². The molecule has 0 spiro atoms. The molecule has 0 radical (unpaired) electrons. The highest BCUT2D eigenvalue weighted by atomic mass is 127. The topological polar surface area (TPSA) is 93.9 Å². The van der Waals surface area contributed by atoms with Crippen LogP contribution in [0, 0.1) is 15.5 Å². The second-order valence-corrected chi connectivity index (χ2v) is 3.29. The average Bonchev–Trinajstić information content (AvgIpc) is 2.79. The smallest absolute Gasteiger partial charge is 0.435 e. The molecule has 17 heavy (non-hydrogen) atoms. The molecule has 0 bridgehead atoms. The van der Waals surface area contributed by atoms with E-state index in [1.165, 1.54) is 21.5 Å². The number of hydrogen-bond acceptors (Lipinski definition) is 4. The van der Waals surface area contributed by atoms with E-state index >= 15 is 0 Å². The van der Waals surface area contributed by atoms with Crippen molar-refractivity contribution in [1.82, 2.24) is 9.36 Å². The Hall–Kier alpha value is -1.65. The molecule has 0 aliphatic carbocycles. The summed E-state index contributed by atoms with van der Waals surface area (Å²) in [6.07, 6.45) is 1.60. The third-order valence-corrected chi connectivity index (χ3v) is 2.23. The maximum atomic E-state index is 10.5. The molecule has 0 unspecified atom stereocenters. The average molecular weight is 351 g/mol. The van der Waals surface area contributed by atoms with E-state index in [-0.39, 0.29) is 35.5 Å². The van der Waals surface area contributed by atoms with Crippen LogP contribution in [0.25, 0.3) is 5.88 Å². The minimum absolute atomic E-state index is 0. The van der Waals surface area contributed by atoms with E-state index in [0.29, 0.717) is 5.88 Å². The van der Waals surface area contributed by atoms with Crippen LogP contribution in [0.5, 0.6) is 0 Å². The summed E-state index contributed by atoms with van der Waals surface area (Å²) in [4.78, 5) is 9.85. The van der Waals surface area contributed by atoms with Gasteiger partial charge in [-0.1, -0.05) is 0 Å². The normalized spacial score (nSPS) is 10.0. The number of nitro groups is 1. The molecule has 0 aliphatic rings. The molecular formula is C8H10IN5O3. The zero-order chi connectivity index (χ0) is 11.9. The predicted molar refractivity (Wildman–Crippen MR) is 50.7 cm³/mol. The van der Waals surface area contributed by atoms with Gasteiger partial charge in [-0.05, 0) is 0 Å². The first-order valence-corrected chi connectivity index (χ1v) is 4.44. The van der Waals surface area contributed by atoms with Crippen LogP contribution in [-0.2, 0) is 14.1 Å². The molecule has 0 saturated heterocycles. The van der Waals surface area contributed by atoms with Crippen LogP contribution in [-0.4, -0.2) is 14.3 Å². The maximum Gasteiger partial charge on any atom is 0.435 e. The van der Waals surface area contributed by atoms with Crippen LogP contribution < -0.4 is 34.2 Å². The van der Waals surface area contributed by atoms with E-state index in [4.69, 9.17) is 9.83 Å². The van der Waals surface area contributed by atoms with Crippen molar-refractivity contribution in [2.45, 2.75) is 0 Å². The Balaban J connectivity index is 0.00000144. The van der Waals surface area contributed by atoms with Crippen LogP contribution >= 0.6 is 0 Å². The number of furan rings is 1. The molecule has 8 nitrogen and oxygen atoms in total. The molecule has 2 aromatic heterocycles. The summed E-state index contributed by atoms with van der Waals surface area (Å²) < 4.78 is 9.60. The molecule has 0 atom stereocenters. The van der Waals surface area contributed by atoms with Crippen molar-refractivity contribution in [2.24, 2.45) is 14.1 Å². The van der Waals surface area contributed by atoms with Crippen molar-refractivity contribution in [3.8, 4) is 5.88 Å². The summed E-state index contributed by atoms with van der Waals surface area (Å²) >= 11 is 0. The van der Waals surface area contributed by atoms with Crippen LogP contribution in [0.3, 0.4) is 0 Å². The van der Waals surface area contributed by atoms with Gasteiger partial charge in [-0.2, -0.15) is 5.41 Å². The quantitative estimate of drug-likeness (QED) is 0.265. The van der Waals surface area contributed by atoms with E-state index in [9.17, 15) is 10.1 Å². The highest BCUT2D eigenvalue weighted by Crippen LogP contribution is 2.17. The molecular weight excluding hydrogens is 341 g/mol. The number of halogens is 1. The second kappa shape index (κ2) is 4.69. The van der Waals surface area contributed by atoms with Gasteiger partial charge in [0.2, 0.25) is 0 Å². The summed E-state index contributed by atoms with van der Waals surface area (Å²) in [5, 5.41) is 18.1. The van der Waals surface area contributed by atoms with Gasteiger partial charge >= 0.3 is 11.5 Å². The van der Waals surface area contributed by atoms with Gasteiger partial charge in [0.1, 0.15) is 4.92 Å². The molecule has 0 aromatic carbocycles. The lowest BCUT2D eigenvalue weighted by Crippen LogP contribution is -3.00. The molecule has 0 saturated carbocycles. The summed E-state index contributed by atoms with van der Waals surface area (Å²) in [7, 11) is 3.37. The molecule has 92 valence electrons. The van der Waals surface area contributed by atoms with Crippen molar-refractivity contribution in [2.75, 3.05) is 0 Å². The number of nitrogens with zero attached hydrogens (tertiary/aromatic N) is 4. The Morgan fingerprint density at radius 3 is 2.59 bits per heavy atom. The van der Waals surface area contributed by atoms with Crippen LogP contribution in [0.1, 0.15) is 0 Å². The molecule has 1 N–H and O–H groups in total. The van der Waals surface area contributed by atoms with Crippen molar-refractivity contribution in [3.05, 3.63) is 34.2 Å². The van der Waals surface area contributed by atoms with Gasteiger partial charge in [-0.3, -0.25) is 10.1 Å². The van der Waals surface area contributed by atoms with Gasteiger partial charge in [0.05, 0.1) is 20.2 Å². The monoisotopic (exact) mass is 351 g/mol. The molecule has 0 fully saturated rings. The summed E-state index contributed by atoms with van der Waals surface area (Å²) in [5.74, 6) is -0.0267. The lowest BCUT2D eigenvalue weighted by molar-refractivity contribution is -0.690. The van der Waals surface area contributed by atoms with Gasteiger partial charge in [0, 0.05) is 6.07 Å². The fraction of sp³-hybridized carbons (Fsp3) is 0.250. The summed E-state index contributed by atoms with van der Waals surface area (Å²) in [5.41, 5.74) is 0.249. The van der Waals surface area contributed by atoms with E-state index in [1.54, 1.807) is 25.0 Å². The highest BCUT2D eigenvalue weighted by Gasteiger charge is 2.18. The first-order chi connectivity index (χ1) is 7.50. The molecule has 0 aliphatic heterocycles. The Labute approximate surface area is 113 Å². The molecule has 9 heteroatoms.